The summed E-state index contributed by atoms with van der Waals surface area (Å²) in [6, 6.07) is 10.3. The number of carbonyl (C=O) groups excluding carboxylic acids is 2. The smallest absolute Gasteiger partial charge is 0.274 e. The molecule has 0 spiro atoms. The summed E-state index contributed by atoms with van der Waals surface area (Å²) in [5.41, 5.74) is 2.47. The van der Waals surface area contributed by atoms with E-state index < -0.39 is 0 Å². The minimum atomic E-state index is -0.281. The highest BCUT2D eigenvalue weighted by atomic mass is 16.2. The lowest BCUT2D eigenvalue weighted by atomic mass is 10.1. The molecule has 2 rings (SSSR count). The molecule has 0 saturated carbocycles. The third-order valence-corrected chi connectivity index (χ3v) is 3.26. The molecule has 0 atom stereocenters. The van der Waals surface area contributed by atoms with Crippen LogP contribution in [0.4, 0.5) is 11.4 Å². The Morgan fingerprint density at radius 2 is 1.70 bits per heavy atom. The number of nitrogens with one attached hydrogen (secondary N) is 2. The molecule has 0 radical (unpaired) electrons. The first-order valence-electron chi connectivity index (χ1n) is 7.58. The summed E-state index contributed by atoms with van der Waals surface area (Å²) in [7, 11) is 0. The van der Waals surface area contributed by atoms with Gasteiger partial charge in [0.25, 0.3) is 5.91 Å². The zero-order valence-corrected chi connectivity index (χ0v) is 13.6. The Balaban J connectivity index is 1.98. The molecule has 0 aliphatic heterocycles. The Labute approximate surface area is 136 Å². The number of aromatic nitrogens is 1. The maximum absolute atomic E-state index is 12.1. The largest absolute Gasteiger partial charge is 0.384 e. The number of hydrogen-bond donors (Lipinski definition) is 2. The first-order valence-corrected chi connectivity index (χ1v) is 7.58. The van der Waals surface area contributed by atoms with Crippen LogP contribution in [0, 0.1) is 5.92 Å². The Morgan fingerprint density at radius 1 is 1.04 bits per heavy atom. The van der Waals surface area contributed by atoms with Gasteiger partial charge in [-0.2, -0.15) is 0 Å². The lowest BCUT2D eigenvalue weighted by molar-refractivity contribution is 0.101. The van der Waals surface area contributed by atoms with Crippen LogP contribution in [-0.2, 0) is 0 Å². The van der Waals surface area contributed by atoms with Crippen molar-refractivity contribution in [1.82, 2.24) is 4.98 Å². The van der Waals surface area contributed by atoms with Crippen molar-refractivity contribution in [3.8, 4) is 0 Å². The van der Waals surface area contributed by atoms with E-state index in [9.17, 15) is 9.59 Å². The van der Waals surface area contributed by atoms with Crippen LogP contribution in [0.25, 0.3) is 0 Å². The predicted octanol–water partition coefficient (Wildman–Crippen LogP) is 3.60. The summed E-state index contributed by atoms with van der Waals surface area (Å²) in [6.45, 7) is 6.61. The van der Waals surface area contributed by atoms with E-state index in [-0.39, 0.29) is 11.7 Å². The zero-order chi connectivity index (χ0) is 16.8. The third kappa shape index (κ3) is 4.92. The van der Waals surface area contributed by atoms with Gasteiger partial charge in [-0.15, -0.1) is 0 Å². The standard InChI is InChI=1S/C18H21N3O2/c1-12(2)10-19-16-8-9-17(20-11-16)18(23)21-15-6-4-14(5-7-15)13(3)22/h4-9,11-12,19H,10H2,1-3H3,(H,21,23). The first kappa shape index (κ1) is 16.7. The number of carbonyl (C=O) groups is 2. The number of pyridine rings is 1. The SMILES string of the molecule is CC(=O)c1ccc(NC(=O)c2ccc(NCC(C)C)cn2)cc1. The highest BCUT2D eigenvalue weighted by Crippen LogP contribution is 2.12. The van der Waals surface area contributed by atoms with Gasteiger partial charge in [-0.05, 0) is 49.2 Å². The predicted molar refractivity (Wildman–Crippen MR) is 92.0 cm³/mol. The van der Waals surface area contributed by atoms with Gasteiger partial charge in [0.15, 0.2) is 5.78 Å². The van der Waals surface area contributed by atoms with Crippen molar-refractivity contribution < 1.29 is 9.59 Å². The maximum Gasteiger partial charge on any atom is 0.274 e. The molecule has 0 saturated heterocycles. The number of benzene rings is 1. The van der Waals surface area contributed by atoms with E-state index in [0.29, 0.717) is 22.9 Å². The second-order valence-electron chi connectivity index (χ2n) is 5.79. The van der Waals surface area contributed by atoms with Gasteiger partial charge in [-0.3, -0.25) is 9.59 Å². The van der Waals surface area contributed by atoms with Crippen LogP contribution in [0.5, 0.6) is 0 Å². The molecule has 1 heterocycles. The second-order valence-corrected chi connectivity index (χ2v) is 5.79. The Hall–Kier alpha value is -2.69. The molecule has 0 bridgehead atoms. The molecule has 1 aromatic carbocycles. The van der Waals surface area contributed by atoms with Crippen molar-refractivity contribution >= 4 is 23.1 Å². The van der Waals surface area contributed by atoms with Crippen molar-refractivity contribution in [2.24, 2.45) is 5.92 Å². The van der Waals surface area contributed by atoms with Gasteiger partial charge in [0.2, 0.25) is 0 Å². The fraction of sp³-hybridized carbons (Fsp3) is 0.278. The number of amides is 1. The maximum atomic E-state index is 12.1. The Morgan fingerprint density at radius 3 is 2.22 bits per heavy atom. The molecule has 0 fully saturated rings. The number of ketones is 1. The van der Waals surface area contributed by atoms with Gasteiger partial charge in [0.1, 0.15) is 5.69 Å². The van der Waals surface area contributed by atoms with Crippen LogP contribution in [0.2, 0.25) is 0 Å². The molecule has 5 nitrogen and oxygen atoms in total. The molecule has 1 amide bonds. The number of nitrogens with zero attached hydrogens (tertiary/aromatic N) is 1. The summed E-state index contributed by atoms with van der Waals surface area (Å²) in [4.78, 5) is 27.5. The molecule has 2 N–H and O–H groups in total. The molecule has 0 aliphatic carbocycles. The van der Waals surface area contributed by atoms with E-state index in [1.54, 1.807) is 36.5 Å². The zero-order valence-electron chi connectivity index (χ0n) is 13.6. The number of Topliss-reactive ketones (excluding diaryl/α,β-unsaturated/α-hetero) is 1. The van der Waals surface area contributed by atoms with Crippen LogP contribution in [0.3, 0.4) is 0 Å². The second kappa shape index (κ2) is 7.54. The minimum absolute atomic E-state index is 0.00553. The molecule has 5 heteroatoms. The average Bonchev–Trinajstić information content (AvgIpc) is 2.54. The molecular weight excluding hydrogens is 290 g/mol. The van der Waals surface area contributed by atoms with Crippen LogP contribution in [0.1, 0.15) is 41.6 Å². The van der Waals surface area contributed by atoms with Crippen molar-refractivity contribution in [2.75, 3.05) is 17.2 Å². The molecule has 0 aliphatic rings. The van der Waals surface area contributed by atoms with Crippen molar-refractivity contribution in [3.63, 3.8) is 0 Å². The van der Waals surface area contributed by atoms with Crippen LogP contribution in [-0.4, -0.2) is 23.2 Å². The van der Waals surface area contributed by atoms with Gasteiger partial charge < -0.3 is 10.6 Å². The van der Waals surface area contributed by atoms with E-state index in [1.165, 1.54) is 6.92 Å². The van der Waals surface area contributed by atoms with Crippen molar-refractivity contribution in [1.29, 1.82) is 0 Å². The van der Waals surface area contributed by atoms with Gasteiger partial charge in [0.05, 0.1) is 11.9 Å². The van der Waals surface area contributed by atoms with E-state index in [4.69, 9.17) is 0 Å². The lowest BCUT2D eigenvalue weighted by Gasteiger charge is -2.09. The van der Waals surface area contributed by atoms with Crippen LogP contribution < -0.4 is 10.6 Å². The number of anilines is 2. The molecular formula is C18H21N3O2. The van der Waals surface area contributed by atoms with E-state index in [1.807, 2.05) is 6.07 Å². The van der Waals surface area contributed by atoms with Crippen LogP contribution in [0.15, 0.2) is 42.6 Å². The van der Waals surface area contributed by atoms with Gasteiger partial charge in [-0.1, -0.05) is 13.8 Å². The minimum Gasteiger partial charge on any atom is -0.384 e. The summed E-state index contributed by atoms with van der Waals surface area (Å²) in [6.07, 6.45) is 1.65. The molecule has 120 valence electrons. The average molecular weight is 311 g/mol. The Bertz CT molecular complexity index is 676. The fourth-order valence-electron chi connectivity index (χ4n) is 1.94. The topological polar surface area (TPSA) is 71.1 Å². The third-order valence-electron chi connectivity index (χ3n) is 3.26. The summed E-state index contributed by atoms with van der Waals surface area (Å²) in [5.74, 6) is 0.251. The summed E-state index contributed by atoms with van der Waals surface area (Å²) < 4.78 is 0. The highest BCUT2D eigenvalue weighted by molar-refractivity contribution is 6.03. The molecule has 23 heavy (non-hydrogen) atoms. The first-order chi connectivity index (χ1) is 11.0. The van der Waals surface area contributed by atoms with Crippen molar-refractivity contribution in [3.05, 3.63) is 53.9 Å². The quantitative estimate of drug-likeness (QED) is 0.800. The van der Waals surface area contributed by atoms with E-state index >= 15 is 0 Å². The highest BCUT2D eigenvalue weighted by Gasteiger charge is 2.08. The van der Waals surface area contributed by atoms with Gasteiger partial charge >= 0.3 is 0 Å². The monoisotopic (exact) mass is 311 g/mol. The summed E-state index contributed by atoms with van der Waals surface area (Å²) in [5, 5.41) is 6.01. The molecule has 1 aromatic heterocycles. The van der Waals surface area contributed by atoms with E-state index in [0.717, 1.165) is 12.2 Å². The number of rotatable bonds is 6. The van der Waals surface area contributed by atoms with Crippen LogP contribution >= 0.6 is 0 Å². The summed E-state index contributed by atoms with van der Waals surface area (Å²) >= 11 is 0. The van der Waals surface area contributed by atoms with E-state index in [2.05, 4.69) is 29.5 Å². The number of hydrogen-bond acceptors (Lipinski definition) is 4. The van der Waals surface area contributed by atoms with Crippen molar-refractivity contribution in [2.45, 2.75) is 20.8 Å². The van der Waals surface area contributed by atoms with Gasteiger partial charge in [0, 0.05) is 17.8 Å². The fourth-order valence-corrected chi connectivity index (χ4v) is 1.94. The molecule has 0 unspecified atom stereocenters. The Kier molecular flexibility index (Phi) is 5.46. The molecule has 2 aromatic rings. The lowest BCUT2D eigenvalue weighted by Crippen LogP contribution is -2.14. The normalized spacial score (nSPS) is 10.4. The van der Waals surface area contributed by atoms with Gasteiger partial charge in [-0.25, -0.2) is 4.98 Å².